The first kappa shape index (κ1) is 19.8. The van der Waals surface area contributed by atoms with E-state index >= 15 is 0 Å². The van der Waals surface area contributed by atoms with Gasteiger partial charge in [0, 0.05) is 37.3 Å². The van der Waals surface area contributed by atoms with E-state index in [-0.39, 0.29) is 17.9 Å². The van der Waals surface area contributed by atoms with E-state index in [1.165, 1.54) is 5.56 Å². The van der Waals surface area contributed by atoms with Gasteiger partial charge in [-0.25, -0.2) is 0 Å². The van der Waals surface area contributed by atoms with Crippen molar-refractivity contribution in [1.82, 2.24) is 10.2 Å². The number of hydrogen-bond acceptors (Lipinski definition) is 4. The largest absolute Gasteiger partial charge is 0.457 e. The number of ether oxygens (including phenoxy) is 2. The maximum absolute atomic E-state index is 13.3. The Kier molecular flexibility index (Phi) is 5.69. The van der Waals surface area contributed by atoms with Crippen LogP contribution in [0.2, 0.25) is 0 Å². The third kappa shape index (κ3) is 4.33. The van der Waals surface area contributed by atoms with Crippen LogP contribution in [-0.4, -0.2) is 43.2 Å². The lowest BCUT2D eigenvalue weighted by molar-refractivity contribution is -0.123. The van der Waals surface area contributed by atoms with Crippen molar-refractivity contribution in [2.24, 2.45) is 0 Å². The van der Waals surface area contributed by atoms with E-state index in [0.717, 1.165) is 42.3 Å². The Morgan fingerprint density at radius 3 is 2.26 bits per heavy atom. The van der Waals surface area contributed by atoms with E-state index in [2.05, 4.69) is 34.5 Å². The molecular weight excluding hydrogens is 388 g/mol. The second-order valence-corrected chi connectivity index (χ2v) is 8.07. The normalized spacial score (nSPS) is 18.5. The van der Waals surface area contributed by atoms with Crippen molar-refractivity contribution < 1.29 is 14.3 Å². The predicted octanol–water partition coefficient (Wildman–Crippen LogP) is 3.94. The van der Waals surface area contributed by atoms with Crippen LogP contribution in [0.15, 0.2) is 78.9 Å². The summed E-state index contributed by atoms with van der Waals surface area (Å²) in [7, 11) is 0. The van der Waals surface area contributed by atoms with E-state index in [1.54, 1.807) is 0 Å². The van der Waals surface area contributed by atoms with Gasteiger partial charge in [0.15, 0.2) is 0 Å². The lowest BCUT2D eigenvalue weighted by Crippen LogP contribution is -2.47. The summed E-state index contributed by atoms with van der Waals surface area (Å²) in [4.78, 5) is 15.7. The molecule has 1 amide bonds. The quantitative estimate of drug-likeness (QED) is 0.687. The Balaban J connectivity index is 1.26. The number of carbonyl (C=O) groups is 1. The fourth-order valence-electron chi connectivity index (χ4n) is 4.40. The van der Waals surface area contributed by atoms with Crippen molar-refractivity contribution in [1.29, 1.82) is 0 Å². The molecule has 2 aliphatic heterocycles. The van der Waals surface area contributed by atoms with Crippen LogP contribution >= 0.6 is 0 Å². The summed E-state index contributed by atoms with van der Waals surface area (Å²) >= 11 is 0. The Hall–Kier alpha value is -3.15. The lowest BCUT2D eigenvalue weighted by atomic mass is 9.87. The molecule has 3 aromatic rings. The molecule has 0 aromatic heterocycles. The average Bonchev–Trinajstić information content (AvgIpc) is 2.82. The minimum Gasteiger partial charge on any atom is -0.457 e. The van der Waals surface area contributed by atoms with Crippen LogP contribution in [0.4, 0.5) is 0 Å². The molecule has 3 aromatic carbocycles. The molecule has 158 valence electrons. The van der Waals surface area contributed by atoms with Gasteiger partial charge < -0.3 is 14.8 Å². The summed E-state index contributed by atoms with van der Waals surface area (Å²) in [5.41, 5.74) is 3.09. The van der Waals surface area contributed by atoms with Gasteiger partial charge in [0.2, 0.25) is 5.91 Å². The Bertz CT molecular complexity index is 1010. The molecule has 0 aliphatic carbocycles. The third-order valence-corrected chi connectivity index (χ3v) is 5.92. The SMILES string of the molecule is O=C(NCC1CN(Cc2ccccc2)CCO1)C1c2ccccc2Oc2ccccc21. The summed E-state index contributed by atoms with van der Waals surface area (Å²) < 4.78 is 12.0. The van der Waals surface area contributed by atoms with Gasteiger partial charge in [0.25, 0.3) is 0 Å². The van der Waals surface area contributed by atoms with Gasteiger partial charge in [-0.15, -0.1) is 0 Å². The monoisotopic (exact) mass is 414 g/mol. The molecule has 5 rings (SSSR count). The number of carbonyl (C=O) groups excluding carboxylic acids is 1. The van der Waals surface area contributed by atoms with E-state index in [0.29, 0.717) is 13.2 Å². The lowest BCUT2D eigenvalue weighted by Gasteiger charge is -2.33. The maximum atomic E-state index is 13.3. The molecule has 1 unspecified atom stereocenters. The van der Waals surface area contributed by atoms with Gasteiger partial charge in [-0.2, -0.15) is 0 Å². The van der Waals surface area contributed by atoms with Crippen molar-refractivity contribution in [2.45, 2.75) is 18.6 Å². The minimum atomic E-state index is -0.384. The van der Waals surface area contributed by atoms with Gasteiger partial charge in [-0.1, -0.05) is 66.7 Å². The number of fused-ring (bicyclic) bond motifs is 2. The Morgan fingerprint density at radius 2 is 1.55 bits per heavy atom. The van der Waals surface area contributed by atoms with Crippen LogP contribution in [0.3, 0.4) is 0 Å². The highest BCUT2D eigenvalue weighted by Crippen LogP contribution is 2.43. The zero-order valence-electron chi connectivity index (χ0n) is 17.4. The minimum absolute atomic E-state index is 0.0213. The van der Waals surface area contributed by atoms with Gasteiger partial charge >= 0.3 is 0 Å². The summed E-state index contributed by atoms with van der Waals surface area (Å²) in [5.74, 6) is 1.07. The topological polar surface area (TPSA) is 50.8 Å². The third-order valence-electron chi connectivity index (χ3n) is 5.92. The highest BCUT2D eigenvalue weighted by Gasteiger charge is 2.33. The number of amides is 1. The smallest absolute Gasteiger partial charge is 0.232 e. The molecule has 1 fully saturated rings. The Morgan fingerprint density at radius 1 is 0.903 bits per heavy atom. The number of benzene rings is 3. The number of para-hydroxylation sites is 2. The number of rotatable bonds is 5. The van der Waals surface area contributed by atoms with Crippen LogP contribution in [0, 0.1) is 0 Å². The zero-order chi connectivity index (χ0) is 21.0. The fourth-order valence-corrected chi connectivity index (χ4v) is 4.40. The summed E-state index contributed by atoms with van der Waals surface area (Å²) in [5, 5.41) is 3.14. The second kappa shape index (κ2) is 8.92. The van der Waals surface area contributed by atoms with Crippen LogP contribution in [0.1, 0.15) is 22.6 Å². The molecule has 5 nitrogen and oxygen atoms in total. The van der Waals surface area contributed by atoms with Crippen molar-refractivity contribution in [2.75, 3.05) is 26.2 Å². The number of nitrogens with zero attached hydrogens (tertiary/aromatic N) is 1. The average molecular weight is 415 g/mol. The van der Waals surface area contributed by atoms with Crippen LogP contribution in [-0.2, 0) is 16.1 Å². The molecular formula is C26H26N2O3. The highest BCUT2D eigenvalue weighted by atomic mass is 16.5. The molecule has 1 saturated heterocycles. The number of nitrogens with one attached hydrogen (secondary N) is 1. The van der Waals surface area contributed by atoms with Gasteiger partial charge in [0.1, 0.15) is 11.5 Å². The van der Waals surface area contributed by atoms with Crippen molar-refractivity contribution in [3.63, 3.8) is 0 Å². The first-order valence-corrected chi connectivity index (χ1v) is 10.8. The summed E-state index contributed by atoms with van der Waals surface area (Å²) in [6.45, 7) is 3.77. The highest BCUT2D eigenvalue weighted by molar-refractivity contribution is 5.89. The van der Waals surface area contributed by atoms with Crippen LogP contribution in [0.5, 0.6) is 11.5 Å². The molecule has 0 spiro atoms. The van der Waals surface area contributed by atoms with Gasteiger partial charge in [-0.05, 0) is 17.7 Å². The van der Waals surface area contributed by atoms with E-state index in [4.69, 9.17) is 9.47 Å². The Labute approximate surface area is 182 Å². The molecule has 5 heteroatoms. The van der Waals surface area contributed by atoms with Crippen molar-refractivity contribution >= 4 is 5.91 Å². The second-order valence-electron chi connectivity index (χ2n) is 8.07. The van der Waals surface area contributed by atoms with E-state index < -0.39 is 0 Å². The van der Waals surface area contributed by atoms with E-state index in [9.17, 15) is 4.79 Å². The molecule has 2 heterocycles. The fraction of sp³-hybridized carbons (Fsp3) is 0.269. The van der Waals surface area contributed by atoms with Crippen molar-refractivity contribution in [3.05, 3.63) is 95.6 Å². The van der Waals surface area contributed by atoms with Gasteiger partial charge in [0.05, 0.1) is 18.6 Å². The predicted molar refractivity (Wildman–Crippen MR) is 119 cm³/mol. The van der Waals surface area contributed by atoms with E-state index in [1.807, 2.05) is 54.6 Å². The molecule has 1 N–H and O–H groups in total. The summed E-state index contributed by atoms with van der Waals surface area (Å²) in [6, 6.07) is 26.0. The molecule has 0 saturated carbocycles. The molecule has 0 bridgehead atoms. The van der Waals surface area contributed by atoms with Crippen LogP contribution < -0.4 is 10.1 Å². The van der Waals surface area contributed by atoms with Crippen molar-refractivity contribution in [3.8, 4) is 11.5 Å². The first-order chi connectivity index (χ1) is 15.3. The first-order valence-electron chi connectivity index (χ1n) is 10.8. The molecule has 1 atom stereocenters. The molecule has 2 aliphatic rings. The maximum Gasteiger partial charge on any atom is 0.232 e. The number of morpholine rings is 1. The molecule has 31 heavy (non-hydrogen) atoms. The summed E-state index contributed by atoms with van der Waals surface area (Å²) in [6.07, 6.45) is -0.0215. The molecule has 0 radical (unpaired) electrons. The van der Waals surface area contributed by atoms with Crippen LogP contribution in [0.25, 0.3) is 0 Å². The standard InChI is InChI=1S/C26H26N2O3/c29-26(25-21-10-4-6-12-23(21)31-24-13-7-5-11-22(24)25)27-16-20-18-28(14-15-30-20)17-19-8-2-1-3-9-19/h1-13,20,25H,14-18H2,(H,27,29). The zero-order valence-corrected chi connectivity index (χ0v) is 17.4. The number of hydrogen-bond donors (Lipinski definition) is 1. The van der Waals surface area contributed by atoms with Gasteiger partial charge in [-0.3, -0.25) is 9.69 Å².